The van der Waals surface area contributed by atoms with Gasteiger partial charge in [0.1, 0.15) is 0 Å². The number of carboxylic acid groups (broad SMARTS) is 1. The molecule has 2 aromatic rings. The average Bonchev–Trinajstić information content (AvgIpc) is 2.84. The Labute approximate surface area is 223 Å². The summed E-state index contributed by atoms with van der Waals surface area (Å²) in [6.45, 7) is 5.27. The molecule has 1 N–H and O–H groups in total. The van der Waals surface area contributed by atoms with Gasteiger partial charge in [-0.3, -0.25) is 9.59 Å². The van der Waals surface area contributed by atoms with Gasteiger partial charge in [0.05, 0.1) is 23.6 Å². The van der Waals surface area contributed by atoms with E-state index >= 15 is 0 Å². The van der Waals surface area contributed by atoms with Crippen LogP contribution in [0, 0.1) is 5.41 Å². The van der Waals surface area contributed by atoms with Crippen LogP contribution in [-0.4, -0.2) is 47.8 Å². The largest absolute Gasteiger partial charge is 0.481 e. The van der Waals surface area contributed by atoms with Crippen LogP contribution in [0.2, 0.25) is 10.0 Å². The molecule has 3 rings (SSSR count). The maximum Gasteiger partial charge on any atom is 0.304 e. The van der Waals surface area contributed by atoms with Crippen molar-refractivity contribution in [3.05, 3.63) is 69.7 Å². The minimum Gasteiger partial charge on any atom is -0.481 e. The number of nitrogens with zero attached hydrogens (tertiary/aromatic N) is 1. The van der Waals surface area contributed by atoms with Crippen LogP contribution in [0.15, 0.2) is 48.5 Å². The van der Waals surface area contributed by atoms with Gasteiger partial charge < -0.3 is 10.0 Å². The van der Waals surface area contributed by atoms with Gasteiger partial charge in [0, 0.05) is 27.8 Å². The summed E-state index contributed by atoms with van der Waals surface area (Å²) in [5.74, 6) is -1.91. The van der Waals surface area contributed by atoms with Crippen molar-refractivity contribution in [2.24, 2.45) is 5.41 Å². The van der Waals surface area contributed by atoms with Crippen molar-refractivity contribution in [2.75, 3.05) is 11.5 Å². The van der Waals surface area contributed by atoms with Crippen LogP contribution < -0.4 is 0 Å². The zero-order valence-corrected chi connectivity index (χ0v) is 23.1. The lowest BCUT2D eigenvalue weighted by molar-refractivity contribution is -0.161. The van der Waals surface area contributed by atoms with Crippen molar-refractivity contribution in [3.8, 4) is 0 Å². The van der Waals surface area contributed by atoms with Gasteiger partial charge in [-0.15, -0.1) is 0 Å². The van der Waals surface area contributed by atoms with Gasteiger partial charge >= 0.3 is 5.97 Å². The normalized spacial score (nSPS) is 23.5. The SMILES string of the molecule is CCC(CS(=O)(=O)CC)N1C(=O)[C@@](CC)(CC(=O)O)CC(c2cccc(Cl)c2)[C@H]1c1ccc(Cl)cc1. The Hall–Kier alpha value is -2.09. The molecular weight excluding hydrogens is 521 g/mol. The van der Waals surface area contributed by atoms with Gasteiger partial charge in [-0.05, 0) is 54.7 Å². The Kier molecular flexibility index (Phi) is 9.12. The molecule has 1 aliphatic heterocycles. The molecule has 0 saturated carbocycles. The van der Waals surface area contributed by atoms with Crippen molar-refractivity contribution < 1.29 is 23.1 Å². The molecular formula is C27H33Cl2NO5S. The van der Waals surface area contributed by atoms with E-state index in [4.69, 9.17) is 23.2 Å². The number of piperidine rings is 1. The number of carbonyl (C=O) groups is 2. The molecule has 1 saturated heterocycles. The summed E-state index contributed by atoms with van der Waals surface area (Å²) in [4.78, 5) is 27.9. The Morgan fingerprint density at radius 3 is 2.28 bits per heavy atom. The summed E-state index contributed by atoms with van der Waals surface area (Å²) in [5, 5.41) is 10.9. The van der Waals surface area contributed by atoms with E-state index in [1.165, 1.54) is 0 Å². The number of benzene rings is 2. The highest BCUT2D eigenvalue weighted by Gasteiger charge is 2.54. The molecule has 1 amide bonds. The topological polar surface area (TPSA) is 91.8 Å². The van der Waals surface area contributed by atoms with Crippen molar-refractivity contribution in [1.29, 1.82) is 0 Å². The maximum atomic E-state index is 14.3. The molecule has 6 nitrogen and oxygen atoms in total. The van der Waals surface area contributed by atoms with Crippen molar-refractivity contribution >= 4 is 44.9 Å². The quantitative estimate of drug-likeness (QED) is 0.381. The van der Waals surface area contributed by atoms with Crippen LogP contribution in [0.5, 0.6) is 0 Å². The molecule has 0 bridgehead atoms. The zero-order valence-electron chi connectivity index (χ0n) is 20.8. The number of aliphatic carboxylic acids is 1. The van der Waals surface area contributed by atoms with Gasteiger partial charge in [-0.25, -0.2) is 8.42 Å². The molecule has 9 heteroatoms. The monoisotopic (exact) mass is 553 g/mol. The standard InChI is InChI=1S/C27H33Cl2NO5S/c1-4-22(17-36(34,35)6-3)30-25(18-10-12-20(28)13-11-18)23(19-8-7-9-21(29)14-19)15-27(5-2,26(30)33)16-24(31)32/h7-14,22-23,25H,4-6,15-17H2,1-3H3,(H,31,32)/t22?,23?,25-,27-/m1/s1. The van der Waals surface area contributed by atoms with Gasteiger partial charge in [0.15, 0.2) is 9.84 Å². The third-order valence-electron chi connectivity index (χ3n) is 7.39. The second-order valence-corrected chi connectivity index (χ2v) is 12.8. The van der Waals surface area contributed by atoms with Crippen molar-refractivity contribution in [2.45, 2.75) is 64.5 Å². The first kappa shape index (κ1) is 28.5. The van der Waals surface area contributed by atoms with Crippen LogP contribution in [0.1, 0.15) is 69.5 Å². The van der Waals surface area contributed by atoms with E-state index in [9.17, 15) is 23.1 Å². The van der Waals surface area contributed by atoms with E-state index < -0.39 is 33.3 Å². The molecule has 2 unspecified atom stereocenters. The van der Waals surface area contributed by atoms with Crippen molar-refractivity contribution in [1.82, 2.24) is 4.90 Å². The zero-order chi connectivity index (χ0) is 26.7. The van der Waals surface area contributed by atoms with E-state index in [1.807, 2.05) is 44.2 Å². The smallest absolute Gasteiger partial charge is 0.304 e. The summed E-state index contributed by atoms with van der Waals surface area (Å²) < 4.78 is 25.5. The number of carbonyl (C=O) groups excluding carboxylic acids is 1. The lowest BCUT2D eigenvalue weighted by atomic mass is 9.65. The molecule has 1 fully saturated rings. The second-order valence-electron chi connectivity index (χ2n) is 9.54. The molecule has 1 aliphatic rings. The van der Waals surface area contributed by atoms with Crippen molar-refractivity contribution in [3.63, 3.8) is 0 Å². The number of likely N-dealkylation sites (tertiary alicyclic amines) is 1. The Morgan fingerprint density at radius 1 is 1.08 bits per heavy atom. The number of carboxylic acids is 1. The minimum atomic E-state index is -3.42. The highest BCUT2D eigenvalue weighted by atomic mass is 35.5. The van der Waals surface area contributed by atoms with Crippen LogP contribution in [-0.2, 0) is 19.4 Å². The fourth-order valence-electron chi connectivity index (χ4n) is 5.36. The summed E-state index contributed by atoms with van der Waals surface area (Å²) in [7, 11) is -3.42. The number of hydrogen-bond acceptors (Lipinski definition) is 4. The van der Waals surface area contributed by atoms with Gasteiger partial charge in [-0.2, -0.15) is 0 Å². The van der Waals surface area contributed by atoms with E-state index in [-0.39, 0.29) is 29.8 Å². The highest BCUT2D eigenvalue weighted by Crippen LogP contribution is 2.53. The van der Waals surface area contributed by atoms with E-state index in [1.54, 1.807) is 30.0 Å². The molecule has 1 heterocycles. The van der Waals surface area contributed by atoms with Crippen LogP contribution >= 0.6 is 23.2 Å². The number of rotatable bonds is 10. The molecule has 4 atom stereocenters. The molecule has 2 aromatic carbocycles. The summed E-state index contributed by atoms with van der Waals surface area (Å²) in [6.07, 6.45) is 0.691. The molecule has 0 spiro atoms. The first-order valence-corrected chi connectivity index (χ1v) is 14.8. The summed E-state index contributed by atoms with van der Waals surface area (Å²) >= 11 is 12.5. The van der Waals surface area contributed by atoms with Crippen LogP contribution in [0.25, 0.3) is 0 Å². The van der Waals surface area contributed by atoms with E-state index in [0.717, 1.165) is 11.1 Å². The molecule has 0 aliphatic carbocycles. The fraction of sp³-hybridized carbons (Fsp3) is 0.481. The van der Waals surface area contributed by atoms with E-state index in [0.29, 0.717) is 29.3 Å². The Balaban J connectivity index is 2.30. The third-order valence-corrected chi connectivity index (χ3v) is 9.64. The number of amides is 1. The second kappa shape index (κ2) is 11.5. The van der Waals surface area contributed by atoms with Crippen LogP contribution in [0.4, 0.5) is 0 Å². The van der Waals surface area contributed by atoms with Crippen LogP contribution in [0.3, 0.4) is 0 Å². The third kappa shape index (κ3) is 6.06. The Morgan fingerprint density at radius 2 is 1.75 bits per heavy atom. The number of halogens is 2. The summed E-state index contributed by atoms with van der Waals surface area (Å²) in [6, 6.07) is 13.4. The lowest BCUT2D eigenvalue weighted by Gasteiger charge is -2.52. The fourth-order valence-corrected chi connectivity index (χ4v) is 6.90. The number of sulfone groups is 1. The highest BCUT2D eigenvalue weighted by molar-refractivity contribution is 7.91. The van der Waals surface area contributed by atoms with Gasteiger partial charge in [0.2, 0.25) is 5.91 Å². The maximum absolute atomic E-state index is 14.3. The lowest BCUT2D eigenvalue weighted by Crippen LogP contribution is -2.58. The summed E-state index contributed by atoms with van der Waals surface area (Å²) in [5.41, 5.74) is 0.506. The van der Waals surface area contributed by atoms with E-state index in [2.05, 4.69) is 0 Å². The van der Waals surface area contributed by atoms with Gasteiger partial charge in [-0.1, -0.05) is 68.2 Å². The molecule has 0 aromatic heterocycles. The minimum absolute atomic E-state index is 0.0388. The predicted molar refractivity (Wildman–Crippen MR) is 143 cm³/mol. The average molecular weight is 555 g/mol. The Bertz CT molecular complexity index is 1200. The molecule has 36 heavy (non-hydrogen) atoms. The number of hydrogen-bond donors (Lipinski definition) is 1. The first-order chi connectivity index (χ1) is 17.0. The van der Waals surface area contributed by atoms with Gasteiger partial charge in [0.25, 0.3) is 0 Å². The molecule has 0 radical (unpaired) electrons. The molecule has 196 valence electrons. The first-order valence-electron chi connectivity index (χ1n) is 12.2. The predicted octanol–water partition coefficient (Wildman–Crippen LogP) is 6.14.